The molecular weight excluding hydrogens is 491 g/mol. The third-order valence-electron chi connectivity index (χ3n) is 3.60. The number of nitrogens with zero attached hydrogens (tertiary/aromatic N) is 2. The van der Waals surface area contributed by atoms with Crippen molar-refractivity contribution in [3.8, 4) is 11.3 Å². The fourth-order valence-electron chi connectivity index (χ4n) is 2.26. The Morgan fingerprint density at radius 1 is 1.07 bits per heavy atom. The quantitative estimate of drug-likeness (QED) is 0.328. The summed E-state index contributed by atoms with van der Waals surface area (Å²) in [5.74, 6) is -0.549. The lowest BCUT2D eigenvalue weighted by atomic mass is 10.1. The van der Waals surface area contributed by atoms with Crippen LogP contribution in [0.4, 0.5) is 18.9 Å². The summed E-state index contributed by atoms with van der Waals surface area (Å²) in [4.78, 5) is 19.8. The van der Waals surface area contributed by atoms with Crippen LogP contribution in [0.3, 0.4) is 0 Å². The molecule has 0 saturated heterocycles. The standard InChI is InChI=1S/C19H12BrClF3N3OS/c20-12-3-1-11(2-4-12)15-9-16(19(22,23)24)27-18(26-15)29-10-17(28)25-14-7-5-13(21)6-8-14/h1-9H,10H2,(H,25,28). The van der Waals surface area contributed by atoms with E-state index in [1.165, 1.54) is 0 Å². The molecule has 3 aromatic rings. The first-order valence-corrected chi connectivity index (χ1v) is 10.3. The van der Waals surface area contributed by atoms with Crippen LogP contribution < -0.4 is 5.32 Å². The zero-order chi connectivity index (χ0) is 21.0. The number of aromatic nitrogens is 2. The number of anilines is 1. The van der Waals surface area contributed by atoms with Crippen LogP contribution >= 0.6 is 39.3 Å². The molecule has 0 aliphatic rings. The molecule has 0 atom stereocenters. The summed E-state index contributed by atoms with van der Waals surface area (Å²) in [5, 5.41) is 3.02. The van der Waals surface area contributed by atoms with Crippen molar-refractivity contribution in [1.82, 2.24) is 9.97 Å². The van der Waals surface area contributed by atoms with Gasteiger partial charge in [-0.25, -0.2) is 9.97 Å². The maximum atomic E-state index is 13.2. The van der Waals surface area contributed by atoms with Gasteiger partial charge in [0.15, 0.2) is 5.16 Å². The molecule has 0 saturated carbocycles. The fraction of sp³-hybridized carbons (Fsp3) is 0.105. The van der Waals surface area contributed by atoms with Gasteiger partial charge in [-0.05, 0) is 42.5 Å². The molecule has 0 aliphatic carbocycles. The molecule has 1 aromatic heterocycles. The number of thioether (sulfide) groups is 1. The normalized spacial score (nSPS) is 11.3. The molecule has 0 unspecified atom stereocenters. The molecule has 0 fully saturated rings. The molecule has 1 heterocycles. The fourth-order valence-corrected chi connectivity index (χ4v) is 3.31. The molecule has 0 bridgehead atoms. The third-order valence-corrected chi connectivity index (χ3v) is 5.22. The molecule has 2 aromatic carbocycles. The minimum absolute atomic E-state index is 0.125. The van der Waals surface area contributed by atoms with Crippen molar-refractivity contribution >= 4 is 50.9 Å². The topological polar surface area (TPSA) is 54.9 Å². The van der Waals surface area contributed by atoms with E-state index in [1.807, 2.05) is 0 Å². The second-order valence-corrected chi connectivity index (χ2v) is 8.06. The van der Waals surface area contributed by atoms with Crippen molar-refractivity contribution in [2.45, 2.75) is 11.3 Å². The Kier molecular flexibility index (Phi) is 6.81. The van der Waals surface area contributed by atoms with E-state index < -0.39 is 17.8 Å². The highest BCUT2D eigenvalue weighted by Gasteiger charge is 2.34. The van der Waals surface area contributed by atoms with E-state index in [4.69, 9.17) is 11.6 Å². The van der Waals surface area contributed by atoms with Crippen LogP contribution in [0.25, 0.3) is 11.3 Å². The Morgan fingerprint density at radius 2 is 1.72 bits per heavy atom. The van der Waals surface area contributed by atoms with Gasteiger partial charge in [0.25, 0.3) is 0 Å². The molecule has 0 spiro atoms. The number of alkyl halides is 3. The number of amides is 1. The Bertz CT molecular complexity index is 1010. The monoisotopic (exact) mass is 501 g/mol. The Morgan fingerprint density at radius 3 is 2.34 bits per heavy atom. The molecule has 0 aliphatic heterocycles. The predicted octanol–water partition coefficient (Wildman–Crippen LogP) is 6.31. The van der Waals surface area contributed by atoms with Crippen LogP contribution in [0.15, 0.2) is 64.2 Å². The van der Waals surface area contributed by atoms with Gasteiger partial charge in [0.1, 0.15) is 5.69 Å². The van der Waals surface area contributed by atoms with Gasteiger partial charge in [0.2, 0.25) is 5.91 Å². The summed E-state index contributed by atoms with van der Waals surface area (Å²) in [7, 11) is 0. The van der Waals surface area contributed by atoms with Gasteiger partial charge in [-0.1, -0.05) is 51.4 Å². The molecule has 1 amide bonds. The first-order chi connectivity index (χ1) is 13.7. The number of benzene rings is 2. The van der Waals surface area contributed by atoms with Crippen molar-refractivity contribution in [3.05, 3.63) is 69.8 Å². The van der Waals surface area contributed by atoms with Gasteiger partial charge in [-0.15, -0.1) is 0 Å². The SMILES string of the molecule is O=C(CSc1nc(-c2ccc(Br)cc2)cc(C(F)(F)F)n1)Nc1ccc(Cl)cc1. The molecule has 4 nitrogen and oxygen atoms in total. The van der Waals surface area contributed by atoms with E-state index in [1.54, 1.807) is 48.5 Å². The van der Waals surface area contributed by atoms with E-state index in [2.05, 4.69) is 31.2 Å². The van der Waals surface area contributed by atoms with Gasteiger partial charge >= 0.3 is 6.18 Å². The van der Waals surface area contributed by atoms with E-state index in [0.29, 0.717) is 16.3 Å². The van der Waals surface area contributed by atoms with E-state index in [0.717, 1.165) is 22.3 Å². The smallest absolute Gasteiger partial charge is 0.325 e. The lowest BCUT2D eigenvalue weighted by Crippen LogP contribution is -2.15. The lowest BCUT2D eigenvalue weighted by Gasteiger charge is -2.11. The Hall–Kier alpha value is -2.10. The van der Waals surface area contributed by atoms with E-state index >= 15 is 0 Å². The third kappa shape index (κ3) is 6.19. The average Bonchev–Trinajstić information content (AvgIpc) is 2.68. The number of carbonyl (C=O) groups is 1. The summed E-state index contributed by atoms with van der Waals surface area (Å²) in [6.07, 6.45) is -4.63. The van der Waals surface area contributed by atoms with Crippen molar-refractivity contribution < 1.29 is 18.0 Å². The predicted molar refractivity (Wildman–Crippen MR) is 111 cm³/mol. The van der Waals surface area contributed by atoms with Crippen LogP contribution in [0.1, 0.15) is 5.69 Å². The molecule has 150 valence electrons. The zero-order valence-electron chi connectivity index (χ0n) is 14.5. The molecular formula is C19H12BrClF3N3OS. The highest BCUT2D eigenvalue weighted by atomic mass is 79.9. The minimum atomic E-state index is -4.63. The van der Waals surface area contributed by atoms with Gasteiger partial charge < -0.3 is 5.32 Å². The summed E-state index contributed by atoms with van der Waals surface area (Å²) < 4.78 is 40.5. The minimum Gasteiger partial charge on any atom is -0.325 e. The van der Waals surface area contributed by atoms with Crippen LogP contribution in [0.5, 0.6) is 0 Å². The second-order valence-electron chi connectivity index (χ2n) is 5.77. The average molecular weight is 503 g/mol. The van der Waals surface area contributed by atoms with Crippen LogP contribution in [0.2, 0.25) is 5.02 Å². The van der Waals surface area contributed by atoms with Gasteiger partial charge in [0, 0.05) is 20.7 Å². The lowest BCUT2D eigenvalue weighted by molar-refractivity contribution is -0.141. The zero-order valence-corrected chi connectivity index (χ0v) is 17.7. The summed E-state index contributed by atoms with van der Waals surface area (Å²) in [6.45, 7) is 0. The highest BCUT2D eigenvalue weighted by Crippen LogP contribution is 2.32. The van der Waals surface area contributed by atoms with Crippen molar-refractivity contribution in [1.29, 1.82) is 0 Å². The molecule has 10 heteroatoms. The number of rotatable bonds is 5. The molecule has 1 N–H and O–H groups in total. The number of carbonyl (C=O) groups excluding carboxylic acids is 1. The number of halogens is 5. The number of hydrogen-bond acceptors (Lipinski definition) is 4. The molecule has 29 heavy (non-hydrogen) atoms. The van der Waals surface area contributed by atoms with Crippen molar-refractivity contribution in [2.24, 2.45) is 0 Å². The van der Waals surface area contributed by atoms with E-state index in [-0.39, 0.29) is 16.6 Å². The largest absolute Gasteiger partial charge is 0.433 e. The summed E-state index contributed by atoms with van der Waals surface area (Å²) in [6, 6.07) is 14.1. The maximum Gasteiger partial charge on any atom is 0.433 e. The highest BCUT2D eigenvalue weighted by molar-refractivity contribution is 9.10. The van der Waals surface area contributed by atoms with Gasteiger partial charge in [0.05, 0.1) is 11.4 Å². The van der Waals surface area contributed by atoms with Crippen molar-refractivity contribution in [2.75, 3.05) is 11.1 Å². The Labute approximate surface area is 182 Å². The first kappa shape index (κ1) is 21.6. The Balaban J connectivity index is 1.78. The van der Waals surface area contributed by atoms with Crippen LogP contribution in [-0.4, -0.2) is 21.6 Å². The number of hydrogen-bond donors (Lipinski definition) is 1. The maximum absolute atomic E-state index is 13.2. The number of nitrogens with one attached hydrogen (secondary N) is 1. The van der Waals surface area contributed by atoms with Gasteiger partial charge in [-0.3, -0.25) is 4.79 Å². The molecule has 0 radical (unpaired) electrons. The van der Waals surface area contributed by atoms with Crippen LogP contribution in [0, 0.1) is 0 Å². The summed E-state index contributed by atoms with van der Waals surface area (Å²) >= 11 is 9.89. The summed E-state index contributed by atoms with van der Waals surface area (Å²) in [5.41, 5.74) is 0.0977. The first-order valence-electron chi connectivity index (χ1n) is 8.11. The van der Waals surface area contributed by atoms with Gasteiger partial charge in [-0.2, -0.15) is 13.2 Å². The van der Waals surface area contributed by atoms with E-state index in [9.17, 15) is 18.0 Å². The van der Waals surface area contributed by atoms with Crippen LogP contribution in [-0.2, 0) is 11.0 Å². The molecule has 3 rings (SSSR count). The second kappa shape index (κ2) is 9.15. The van der Waals surface area contributed by atoms with Crippen molar-refractivity contribution in [3.63, 3.8) is 0 Å².